The van der Waals surface area contributed by atoms with Crippen LogP contribution in [-0.2, 0) is 20.9 Å². The zero-order chi connectivity index (χ0) is 21.7. The Balaban J connectivity index is 1.92. The standard InChI is InChI=1S/C21H20F2N2O4S/c1-3-29-19(27)11-10-18(26)25(14-6-4-5-7-15(14)28-2)12-17-24-21-16(30-17)9-8-13(22)20(21)23/h4-9H,3,10-12H2,1-2H3. The number of thiazole rings is 1. The molecule has 0 aliphatic heterocycles. The summed E-state index contributed by atoms with van der Waals surface area (Å²) < 4.78 is 38.3. The molecule has 9 heteroatoms. The molecule has 1 amide bonds. The number of rotatable bonds is 8. The van der Waals surface area contributed by atoms with Crippen LogP contribution in [0.3, 0.4) is 0 Å². The molecule has 3 aromatic rings. The first-order valence-corrected chi connectivity index (χ1v) is 10.1. The summed E-state index contributed by atoms with van der Waals surface area (Å²) in [6.07, 6.45) is -0.150. The maximum absolute atomic E-state index is 14.0. The van der Waals surface area contributed by atoms with E-state index in [1.54, 1.807) is 31.2 Å². The second kappa shape index (κ2) is 9.62. The van der Waals surface area contributed by atoms with E-state index in [9.17, 15) is 18.4 Å². The van der Waals surface area contributed by atoms with Gasteiger partial charge in [-0.2, -0.15) is 0 Å². The van der Waals surface area contributed by atoms with Gasteiger partial charge in [0.05, 0.1) is 37.1 Å². The number of halogens is 2. The minimum atomic E-state index is -1.02. The van der Waals surface area contributed by atoms with E-state index in [4.69, 9.17) is 9.47 Å². The second-order valence-corrected chi connectivity index (χ2v) is 7.39. The average molecular weight is 434 g/mol. The maximum atomic E-state index is 14.0. The van der Waals surface area contributed by atoms with E-state index >= 15 is 0 Å². The van der Waals surface area contributed by atoms with Crippen LogP contribution in [0.5, 0.6) is 5.75 Å². The quantitative estimate of drug-likeness (QED) is 0.490. The molecular formula is C21H20F2N2O4S. The van der Waals surface area contributed by atoms with Crippen molar-refractivity contribution in [1.29, 1.82) is 0 Å². The summed E-state index contributed by atoms with van der Waals surface area (Å²) in [4.78, 5) is 30.2. The van der Waals surface area contributed by atoms with E-state index in [0.717, 1.165) is 17.4 Å². The Morgan fingerprint density at radius 1 is 1.13 bits per heavy atom. The van der Waals surface area contributed by atoms with Crippen molar-refractivity contribution in [3.05, 3.63) is 53.0 Å². The predicted octanol–water partition coefficient (Wildman–Crippen LogP) is 4.46. The molecule has 0 fully saturated rings. The number of aromatic nitrogens is 1. The Hall–Kier alpha value is -3.07. The lowest BCUT2D eigenvalue weighted by molar-refractivity contribution is -0.144. The summed E-state index contributed by atoms with van der Waals surface area (Å²) in [5, 5.41) is 0.421. The third kappa shape index (κ3) is 4.73. The van der Waals surface area contributed by atoms with Crippen LogP contribution in [0, 0.1) is 11.6 Å². The number of carbonyl (C=O) groups is 2. The first kappa shape index (κ1) is 21.6. The van der Waals surface area contributed by atoms with Gasteiger partial charge < -0.3 is 14.4 Å². The van der Waals surface area contributed by atoms with Crippen molar-refractivity contribution in [1.82, 2.24) is 4.98 Å². The van der Waals surface area contributed by atoms with E-state index < -0.39 is 17.6 Å². The van der Waals surface area contributed by atoms with Gasteiger partial charge >= 0.3 is 5.97 Å². The molecule has 0 N–H and O–H groups in total. The van der Waals surface area contributed by atoms with Gasteiger partial charge in [0.25, 0.3) is 0 Å². The molecule has 30 heavy (non-hydrogen) atoms. The molecule has 2 aromatic carbocycles. The zero-order valence-corrected chi connectivity index (χ0v) is 17.3. The van der Waals surface area contributed by atoms with Gasteiger partial charge in [-0.3, -0.25) is 9.59 Å². The van der Waals surface area contributed by atoms with Gasteiger partial charge in [-0.15, -0.1) is 11.3 Å². The van der Waals surface area contributed by atoms with Crippen LogP contribution in [0.4, 0.5) is 14.5 Å². The highest BCUT2D eigenvalue weighted by Gasteiger charge is 2.23. The molecule has 0 aliphatic carbocycles. The third-order valence-electron chi connectivity index (χ3n) is 4.31. The molecule has 1 heterocycles. The van der Waals surface area contributed by atoms with E-state index in [1.165, 1.54) is 18.1 Å². The number of fused-ring (bicyclic) bond motifs is 1. The van der Waals surface area contributed by atoms with E-state index in [2.05, 4.69) is 4.98 Å². The highest BCUT2D eigenvalue weighted by Crippen LogP contribution is 2.32. The van der Waals surface area contributed by atoms with Crippen LogP contribution in [-0.4, -0.2) is 30.6 Å². The second-order valence-electron chi connectivity index (χ2n) is 6.27. The van der Waals surface area contributed by atoms with E-state index in [1.807, 2.05) is 0 Å². The fraction of sp³-hybridized carbons (Fsp3) is 0.286. The van der Waals surface area contributed by atoms with Crippen LogP contribution in [0.25, 0.3) is 10.2 Å². The predicted molar refractivity (Wildman–Crippen MR) is 110 cm³/mol. The maximum Gasteiger partial charge on any atom is 0.306 e. The number of ether oxygens (including phenoxy) is 2. The number of carbonyl (C=O) groups excluding carboxylic acids is 2. The summed E-state index contributed by atoms with van der Waals surface area (Å²) in [6, 6.07) is 9.41. The zero-order valence-electron chi connectivity index (χ0n) is 16.5. The highest BCUT2D eigenvalue weighted by molar-refractivity contribution is 7.18. The minimum Gasteiger partial charge on any atom is -0.495 e. The smallest absolute Gasteiger partial charge is 0.306 e. The fourth-order valence-electron chi connectivity index (χ4n) is 2.92. The number of hydrogen-bond donors (Lipinski definition) is 0. The van der Waals surface area contributed by atoms with Gasteiger partial charge in [0.2, 0.25) is 5.91 Å². The minimum absolute atomic E-state index is 0.0163. The van der Waals surface area contributed by atoms with Crippen molar-refractivity contribution in [2.45, 2.75) is 26.3 Å². The summed E-state index contributed by atoms with van der Waals surface area (Å²) in [6.45, 7) is 1.94. The van der Waals surface area contributed by atoms with Gasteiger partial charge in [0, 0.05) is 6.42 Å². The van der Waals surface area contributed by atoms with Crippen LogP contribution < -0.4 is 9.64 Å². The molecule has 0 aliphatic rings. The Kier molecular flexibility index (Phi) is 6.94. The lowest BCUT2D eigenvalue weighted by atomic mass is 10.2. The van der Waals surface area contributed by atoms with Crippen molar-refractivity contribution in [2.75, 3.05) is 18.6 Å². The van der Waals surface area contributed by atoms with Crippen molar-refractivity contribution in [2.24, 2.45) is 0 Å². The first-order valence-electron chi connectivity index (χ1n) is 9.27. The number of esters is 1. The van der Waals surface area contributed by atoms with Gasteiger partial charge in [-0.05, 0) is 31.2 Å². The van der Waals surface area contributed by atoms with E-state index in [-0.39, 0.29) is 37.4 Å². The summed E-state index contributed by atoms with van der Waals surface area (Å²) in [7, 11) is 1.48. The van der Waals surface area contributed by atoms with Gasteiger partial charge in [0.1, 0.15) is 16.3 Å². The Labute approximate surface area is 176 Å². The molecule has 0 unspecified atom stereocenters. The number of amides is 1. The molecule has 158 valence electrons. The van der Waals surface area contributed by atoms with Crippen molar-refractivity contribution < 1.29 is 27.8 Å². The molecule has 1 aromatic heterocycles. The highest BCUT2D eigenvalue weighted by atomic mass is 32.1. The Morgan fingerprint density at radius 2 is 1.90 bits per heavy atom. The first-order chi connectivity index (χ1) is 14.4. The molecule has 0 spiro atoms. The lowest BCUT2D eigenvalue weighted by Gasteiger charge is -2.23. The molecule has 0 radical (unpaired) electrons. The van der Waals surface area contributed by atoms with Gasteiger partial charge in [-0.1, -0.05) is 12.1 Å². The molecule has 0 atom stereocenters. The number of benzene rings is 2. The third-order valence-corrected chi connectivity index (χ3v) is 5.32. The van der Waals surface area contributed by atoms with E-state index in [0.29, 0.717) is 21.1 Å². The molecule has 0 saturated heterocycles. The van der Waals surface area contributed by atoms with Crippen molar-refractivity contribution >= 4 is 39.1 Å². The molecule has 3 rings (SSSR count). The number of para-hydroxylation sites is 2. The summed E-state index contributed by atoms with van der Waals surface area (Å²) in [5.41, 5.74) is 0.411. The molecule has 0 saturated carbocycles. The van der Waals surface area contributed by atoms with Gasteiger partial charge in [0.15, 0.2) is 11.6 Å². The Bertz CT molecular complexity index is 1070. The molecule has 6 nitrogen and oxygen atoms in total. The van der Waals surface area contributed by atoms with Crippen LogP contribution in [0.1, 0.15) is 24.8 Å². The molecular weight excluding hydrogens is 414 g/mol. The average Bonchev–Trinajstić information content (AvgIpc) is 3.17. The van der Waals surface area contributed by atoms with Gasteiger partial charge in [-0.25, -0.2) is 13.8 Å². The Morgan fingerprint density at radius 3 is 2.63 bits per heavy atom. The number of hydrogen-bond acceptors (Lipinski definition) is 6. The number of nitrogens with zero attached hydrogens (tertiary/aromatic N) is 2. The molecule has 0 bridgehead atoms. The largest absolute Gasteiger partial charge is 0.495 e. The summed E-state index contributed by atoms with van der Waals surface area (Å²) in [5.74, 6) is -2.36. The number of anilines is 1. The topological polar surface area (TPSA) is 68.7 Å². The van der Waals surface area contributed by atoms with Crippen LogP contribution in [0.2, 0.25) is 0 Å². The lowest BCUT2D eigenvalue weighted by Crippen LogP contribution is -2.31. The SMILES string of the molecule is CCOC(=O)CCC(=O)N(Cc1nc2c(F)c(F)ccc2s1)c1ccccc1OC. The van der Waals surface area contributed by atoms with Crippen molar-refractivity contribution in [3.63, 3.8) is 0 Å². The summed E-state index contributed by atoms with van der Waals surface area (Å²) >= 11 is 1.16. The normalized spacial score (nSPS) is 10.8. The monoisotopic (exact) mass is 434 g/mol. The van der Waals surface area contributed by atoms with Crippen LogP contribution in [0.15, 0.2) is 36.4 Å². The van der Waals surface area contributed by atoms with Crippen LogP contribution >= 0.6 is 11.3 Å². The fourth-order valence-corrected chi connectivity index (χ4v) is 3.88. The number of methoxy groups -OCH3 is 1. The van der Waals surface area contributed by atoms with Crippen molar-refractivity contribution in [3.8, 4) is 5.75 Å².